The molecule has 0 spiro atoms. The zero-order valence-corrected chi connectivity index (χ0v) is 9.94. The molecule has 1 N–H and O–H groups in total. The standard InChI is InChI=1S/C8H15N5O2S/c1-2-8(7-9)16(14,15)12-6-4-3-5-11-13-10/h8,12H,2-6H2,1H3. The number of hydrogen-bond acceptors (Lipinski definition) is 4. The van der Waals surface area contributed by atoms with E-state index in [4.69, 9.17) is 10.8 Å². The van der Waals surface area contributed by atoms with Gasteiger partial charge in [-0.15, -0.1) is 0 Å². The van der Waals surface area contributed by atoms with Gasteiger partial charge in [-0.25, -0.2) is 13.1 Å². The highest BCUT2D eigenvalue weighted by molar-refractivity contribution is 7.90. The van der Waals surface area contributed by atoms with Crippen LogP contribution in [0.1, 0.15) is 26.2 Å². The number of unbranched alkanes of at least 4 members (excludes halogenated alkanes) is 1. The maximum Gasteiger partial charge on any atom is 0.227 e. The third-order valence-corrected chi connectivity index (χ3v) is 3.74. The first-order valence-electron chi connectivity index (χ1n) is 4.97. The molecule has 0 aliphatic rings. The highest BCUT2D eigenvalue weighted by atomic mass is 32.2. The van der Waals surface area contributed by atoms with Gasteiger partial charge in [-0.3, -0.25) is 0 Å². The van der Waals surface area contributed by atoms with Crippen LogP contribution in [0.3, 0.4) is 0 Å². The summed E-state index contributed by atoms with van der Waals surface area (Å²) >= 11 is 0. The minimum absolute atomic E-state index is 0.265. The second-order valence-electron chi connectivity index (χ2n) is 3.13. The molecule has 0 saturated carbocycles. The van der Waals surface area contributed by atoms with Gasteiger partial charge in [-0.1, -0.05) is 12.0 Å². The quantitative estimate of drug-likeness (QED) is 0.300. The molecular formula is C8H15N5O2S. The van der Waals surface area contributed by atoms with E-state index < -0.39 is 15.3 Å². The van der Waals surface area contributed by atoms with Crippen molar-refractivity contribution in [3.05, 3.63) is 10.4 Å². The number of nitrogens with zero attached hydrogens (tertiary/aromatic N) is 4. The van der Waals surface area contributed by atoms with E-state index in [1.54, 1.807) is 13.0 Å². The fraction of sp³-hybridized carbons (Fsp3) is 0.875. The SMILES string of the molecule is CCC(C#N)S(=O)(=O)NCCCCN=[N+]=[N-]. The van der Waals surface area contributed by atoms with Crippen LogP contribution in [-0.2, 0) is 10.0 Å². The molecule has 0 aromatic carbocycles. The molecule has 0 amide bonds. The lowest BCUT2D eigenvalue weighted by Crippen LogP contribution is -2.33. The average Bonchev–Trinajstić information content (AvgIpc) is 2.24. The van der Waals surface area contributed by atoms with E-state index in [9.17, 15) is 8.42 Å². The van der Waals surface area contributed by atoms with Crippen LogP contribution < -0.4 is 4.72 Å². The second kappa shape index (κ2) is 7.93. The van der Waals surface area contributed by atoms with E-state index in [1.165, 1.54) is 0 Å². The number of azide groups is 1. The Morgan fingerprint density at radius 3 is 2.75 bits per heavy atom. The molecule has 0 aliphatic heterocycles. The summed E-state index contributed by atoms with van der Waals surface area (Å²) in [6, 6.07) is 1.74. The Morgan fingerprint density at radius 2 is 2.25 bits per heavy atom. The second-order valence-corrected chi connectivity index (χ2v) is 5.07. The number of nitrogens with one attached hydrogen (secondary N) is 1. The number of hydrogen-bond donors (Lipinski definition) is 1. The van der Waals surface area contributed by atoms with Gasteiger partial charge in [0.15, 0.2) is 5.25 Å². The lowest BCUT2D eigenvalue weighted by Gasteiger charge is -2.09. The molecule has 0 bridgehead atoms. The van der Waals surface area contributed by atoms with Crippen molar-refractivity contribution < 1.29 is 8.42 Å². The maximum atomic E-state index is 11.5. The molecule has 7 nitrogen and oxygen atoms in total. The Labute approximate surface area is 95.1 Å². The van der Waals surface area contributed by atoms with E-state index >= 15 is 0 Å². The molecule has 16 heavy (non-hydrogen) atoms. The van der Waals surface area contributed by atoms with E-state index in [0.29, 0.717) is 19.4 Å². The van der Waals surface area contributed by atoms with E-state index in [1.807, 2.05) is 0 Å². The summed E-state index contributed by atoms with van der Waals surface area (Å²) in [5, 5.41) is 10.9. The van der Waals surface area contributed by atoms with Gasteiger partial charge in [-0.2, -0.15) is 5.26 Å². The average molecular weight is 245 g/mol. The van der Waals surface area contributed by atoms with Crippen LogP contribution in [0.15, 0.2) is 5.11 Å². The van der Waals surface area contributed by atoms with Gasteiger partial charge in [0.05, 0.1) is 6.07 Å². The normalized spacial score (nSPS) is 12.5. The van der Waals surface area contributed by atoms with Crippen molar-refractivity contribution in [3.63, 3.8) is 0 Å². The van der Waals surface area contributed by atoms with Crippen molar-refractivity contribution in [1.82, 2.24) is 4.72 Å². The fourth-order valence-electron chi connectivity index (χ4n) is 1.05. The van der Waals surface area contributed by atoms with E-state index in [-0.39, 0.29) is 13.0 Å². The molecule has 0 aromatic heterocycles. The van der Waals surface area contributed by atoms with Crippen molar-refractivity contribution in [2.24, 2.45) is 5.11 Å². The van der Waals surface area contributed by atoms with Gasteiger partial charge in [0, 0.05) is 18.0 Å². The molecule has 8 heteroatoms. The highest BCUT2D eigenvalue weighted by Crippen LogP contribution is 2.02. The number of nitriles is 1. The third-order valence-electron chi connectivity index (χ3n) is 1.94. The lowest BCUT2D eigenvalue weighted by molar-refractivity contribution is 0.568. The summed E-state index contributed by atoms with van der Waals surface area (Å²) < 4.78 is 25.3. The summed E-state index contributed by atoms with van der Waals surface area (Å²) in [6.45, 7) is 2.27. The smallest absolute Gasteiger partial charge is 0.214 e. The molecule has 0 rings (SSSR count). The van der Waals surface area contributed by atoms with Crippen LogP contribution in [0, 0.1) is 11.3 Å². The first-order valence-corrected chi connectivity index (χ1v) is 6.52. The molecule has 0 aliphatic carbocycles. The van der Waals surface area contributed by atoms with E-state index in [2.05, 4.69) is 14.7 Å². The Kier molecular flexibility index (Phi) is 7.29. The van der Waals surface area contributed by atoms with Crippen molar-refractivity contribution >= 4 is 10.0 Å². The summed E-state index contributed by atoms with van der Waals surface area (Å²) in [4.78, 5) is 2.58. The zero-order valence-electron chi connectivity index (χ0n) is 9.13. The van der Waals surface area contributed by atoms with Crippen LogP contribution in [0.5, 0.6) is 0 Å². The van der Waals surface area contributed by atoms with Crippen molar-refractivity contribution in [1.29, 1.82) is 5.26 Å². The molecule has 0 aromatic rings. The van der Waals surface area contributed by atoms with E-state index in [0.717, 1.165) is 0 Å². The molecule has 0 heterocycles. The molecule has 90 valence electrons. The molecule has 0 saturated heterocycles. The minimum atomic E-state index is -3.53. The summed E-state index contributed by atoms with van der Waals surface area (Å²) in [5.74, 6) is 0. The Bertz CT molecular complexity index is 380. The van der Waals surface area contributed by atoms with Gasteiger partial charge in [0.2, 0.25) is 10.0 Å². The van der Waals surface area contributed by atoms with Crippen molar-refractivity contribution in [3.8, 4) is 6.07 Å². The summed E-state index contributed by atoms with van der Waals surface area (Å²) in [5.41, 5.74) is 8.00. The molecule has 1 atom stereocenters. The first kappa shape index (κ1) is 14.7. The minimum Gasteiger partial charge on any atom is -0.214 e. The van der Waals surface area contributed by atoms with Crippen LogP contribution in [0.2, 0.25) is 0 Å². The predicted octanol–water partition coefficient (Wildman–Crippen LogP) is 1.30. The van der Waals surface area contributed by atoms with Gasteiger partial charge in [-0.05, 0) is 24.8 Å². The Hall–Kier alpha value is -1.29. The molecular weight excluding hydrogens is 230 g/mol. The van der Waals surface area contributed by atoms with Gasteiger partial charge in [0.1, 0.15) is 0 Å². The summed E-state index contributed by atoms with van der Waals surface area (Å²) in [6.07, 6.45) is 1.47. The van der Waals surface area contributed by atoms with Crippen molar-refractivity contribution in [2.75, 3.05) is 13.1 Å². The lowest BCUT2D eigenvalue weighted by atomic mass is 10.3. The fourth-order valence-corrected chi connectivity index (χ4v) is 2.25. The Morgan fingerprint density at radius 1 is 1.56 bits per heavy atom. The largest absolute Gasteiger partial charge is 0.227 e. The van der Waals surface area contributed by atoms with Gasteiger partial charge >= 0.3 is 0 Å². The topological polar surface area (TPSA) is 119 Å². The van der Waals surface area contributed by atoms with Crippen LogP contribution in [0.4, 0.5) is 0 Å². The number of rotatable bonds is 8. The Balaban J connectivity index is 3.92. The highest BCUT2D eigenvalue weighted by Gasteiger charge is 2.22. The van der Waals surface area contributed by atoms with Crippen LogP contribution in [0.25, 0.3) is 10.4 Å². The molecule has 0 fully saturated rings. The summed E-state index contributed by atoms with van der Waals surface area (Å²) in [7, 11) is -3.53. The maximum absolute atomic E-state index is 11.5. The first-order chi connectivity index (χ1) is 7.58. The van der Waals surface area contributed by atoms with Gasteiger partial charge in [0.25, 0.3) is 0 Å². The molecule has 1 unspecified atom stereocenters. The zero-order chi connectivity index (χ0) is 12.4. The van der Waals surface area contributed by atoms with Crippen molar-refractivity contribution in [2.45, 2.75) is 31.4 Å². The molecule has 0 radical (unpaired) electrons. The van der Waals surface area contributed by atoms with Gasteiger partial charge < -0.3 is 0 Å². The third kappa shape index (κ3) is 5.56. The van der Waals surface area contributed by atoms with Crippen LogP contribution in [-0.4, -0.2) is 26.8 Å². The van der Waals surface area contributed by atoms with Crippen LogP contribution >= 0.6 is 0 Å². The number of sulfonamides is 1. The monoisotopic (exact) mass is 245 g/mol. The predicted molar refractivity (Wildman–Crippen MR) is 59.9 cm³/mol.